The number of ether oxygens (including phenoxy) is 1. The molecular formula is C15H20N2OS. The first kappa shape index (κ1) is 14.1. The second-order valence-corrected chi connectivity index (χ2v) is 6.33. The van der Waals surface area contributed by atoms with Gasteiger partial charge in [-0.25, -0.2) is 0 Å². The van der Waals surface area contributed by atoms with Crippen LogP contribution in [0.5, 0.6) is 5.75 Å². The minimum atomic E-state index is 0.475. The monoisotopic (exact) mass is 276 g/mol. The lowest BCUT2D eigenvalue weighted by Crippen LogP contribution is -2.16. The molecular weight excluding hydrogens is 256 g/mol. The summed E-state index contributed by atoms with van der Waals surface area (Å²) in [4.78, 5) is 0. The summed E-state index contributed by atoms with van der Waals surface area (Å²) in [7, 11) is 1.65. The first-order valence-corrected chi connectivity index (χ1v) is 7.78. The number of hydrogen-bond acceptors (Lipinski definition) is 4. The van der Waals surface area contributed by atoms with Gasteiger partial charge >= 0.3 is 0 Å². The molecule has 0 amide bonds. The molecule has 1 N–H and O–H groups in total. The molecule has 0 heterocycles. The fourth-order valence-electron chi connectivity index (χ4n) is 2.55. The smallest absolute Gasteiger partial charge is 0.121 e. The van der Waals surface area contributed by atoms with Crippen LogP contribution in [-0.4, -0.2) is 24.2 Å². The highest BCUT2D eigenvalue weighted by Gasteiger charge is 2.24. The Morgan fingerprint density at radius 2 is 2.32 bits per heavy atom. The molecule has 2 unspecified atom stereocenters. The Morgan fingerprint density at radius 3 is 3.00 bits per heavy atom. The van der Waals surface area contributed by atoms with Crippen molar-refractivity contribution in [3.05, 3.63) is 23.8 Å². The molecule has 0 spiro atoms. The van der Waals surface area contributed by atoms with Crippen molar-refractivity contribution in [1.82, 2.24) is 0 Å². The molecule has 0 aromatic heterocycles. The zero-order valence-electron chi connectivity index (χ0n) is 11.5. The minimum Gasteiger partial charge on any atom is -0.497 e. The Morgan fingerprint density at radius 1 is 1.47 bits per heavy atom. The first-order chi connectivity index (χ1) is 9.26. The van der Waals surface area contributed by atoms with Crippen LogP contribution in [0.2, 0.25) is 0 Å². The fourth-order valence-corrected chi connectivity index (χ4v) is 3.69. The average Bonchev–Trinajstić information content (AvgIpc) is 2.86. The van der Waals surface area contributed by atoms with Crippen molar-refractivity contribution in [2.75, 3.05) is 18.2 Å². The van der Waals surface area contributed by atoms with Gasteiger partial charge in [-0.05, 0) is 37.1 Å². The minimum absolute atomic E-state index is 0.475. The van der Waals surface area contributed by atoms with Crippen LogP contribution in [-0.2, 0) is 0 Å². The van der Waals surface area contributed by atoms with Gasteiger partial charge in [-0.3, -0.25) is 0 Å². The van der Waals surface area contributed by atoms with E-state index in [-0.39, 0.29) is 0 Å². The lowest BCUT2D eigenvalue weighted by Gasteiger charge is -2.16. The van der Waals surface area contributed by atoms with Crippen LogP contribution in [0.3, 0.4) is 0 Å². The molecule has 0 radical (unpaired) electrons. The van der Waals surface area contributed by atoms with E-state index in [2.05, 4.69) is 18.3 Å². The number of rotatable bonds is 5. The van der Waals surface area contributed by atoms with Gasteiger partial charge < -0.3 is 10.1 Å². The molecule has 1 fully saturated rings. The molecule has 1 aliphatic rings. The van der Waals surface area contributed by atoms with Gasteiger partial charge in [-0.15, -0.1) is 0 Å². The van der Waals surface area contributed by atoms with E-state index in [1.54, 1.807) is 7.11 Å². The van der Waals surface area contributed by atoms with Crippen molar-refractivity contribution in [2.45, 2.75) is 37.5 Å². The number of thioether (sulfide) groups is 1. The molecule has 0 bridgehead atoms. The normalized spacial score (nSPS) is 21.9. The summed E-state index contributed by atoms with van der Waals surface area (Å²) in [5, 5.41) is 13.4. The molecule has 102 valence electrons. The Labute approximate surface area is 119 Å². The molecule has 0 saturated heterocycles. The molecule has 3 nitrogen and oxygen atoms in total. The third kappa shape index (κ3) is 3.57. The van der Waals surface area contributed by atoms with Crippen molar-refractivity contribution in [3.8, 4) is 11.8 Å². The number of hydrogen-bond donors (Lipinski definition) is 1. The van der Waals surface area contributed by atoms with Gasteiger partial charge in [0, 0.05) is 17.4 Å². The number of anilines is 1. The molecule has 19 heavy (non-hydrogen) atoms. The lowest BCUT2D eigenvalue weighted by atomic mass is 10.1. The summed E-state index contributed by atoms with van der Waals surface area (Å²) in [6.07, 6.45) is 3.63. The predicted octanol–water partition coefficient (Wildman–Crippen LogP) is 3.65. The second-order valence-electron chi connectivity index (χ2n) is 4.75. The molecule has 0 aliphatic heterocycles. The summed E-state index contributed by atoms with van der Waals surface area (Å²) in [5.74, 6) is 1.97. The lowest BCUT2D eigenvalue weighted by molar-refractivity contribution is 0.415. The van der Waals surface area contributed by atoms with E-state index >= 15 is 0 Å². The predicted molar refractivity (Wildman–Crippen MR) is 80.9 cm³/mol. The molecule has 2 rings (SSSR count). The summed E-state index contributed by atoms with van der Waals surface area (Å²) >= 11 is 2.04. The van der Waals surface area contributed by atoms with Gasteiger partial charge in [0.15, 0.2) is 0 Å². The highest BCUT2D eigenvalue weighted by atomic mass is 32.2. The van der Waals surface area contributed by atoms with Crippen LogP contribution < -0.4 is 10.1 Å². The largest absolute Gasteiger partial charge is 0.497 e. The van der Waals surface area contributed by atoms with Gasteiger partial charge in [0.2, 0.25) is 0 Å². The summed E-state index contributed by atoms with van der Waals surface area (Å²) in [6, 6.07) is 8.27. The van der Waals surface area contributed by atoms with Crippen LogP contribution in [0, 0.1) is 11.3 Å². The van der Waals surface area contributed by atoms with Gasteiger partial charge in [-0.1, -0.05) is 6.92 Å². The Hall–Kier alpha value is -1.34. The van der Waals surface area contributed by atoms with E-state index in [0.717, 1.165) is 16.7 Å². The molecule has 4 heteroatoms. The van der Waals surface area contributed by atoms with Crippen LogP contribution in [0.4, 0.5) is 5.69 Å². The first-order valence-electron chi connectivity index (χ1n) is 6.73. The van der Waals surface area contributed by atoms with Crippen LogP contribution in [0.15, 0.2) is 18.2 Å². The van der Waals surface area contributed by atoms with E-state index < -0.39 is 0 Å². The van der Waals surface area contributed by atoms with Gasteiger partial charge in [-0.2, -0.15) is 17.0 Å². The summed E-state index contributed by atoms with van der Waals surface area (Å²) < 4.78 is 5.22. The number of methoxy groups -OCH3 is 1. The Bertz CT molecular complexity index is 470. The number of benzene rings is 1. The highest BCUT2D eigenvalue weighted by Crippen LogP contribution is 2.32. The molecule has 1 aromatic carbocycles. The highest BCUT2D eigenvalue weighted by molar-refractivity contribution is 7.99. The van der Waals surface area contributed by atoms with Crippen molar-refractivity contribution in [2.24, 2.45) is 0 Å². The summed E-state index contributed by atoms with van der Waals surface area (Å²) in [6.45, 7) is 2.21. The maximum atomic E-state index is 9.16. The van der Waals surface area contributed by atoms with Gasteiger partial charge in [0.05, 0.1) is 18.4 Å². The van der Waals surface area contributed by atoms with E-state index in [0.29, 0.717) is 11.6 Å². The van der Waals surface area contributed by atoms with E-state index in [4.69, 9.17) is 10.00 Å². The van der Waals surface area contributed by atoms with E-state index in [9.17, 15) is 0 Å². The third-order valence-electron chi connectivity index (χ3n) is 3.49. The molecule has 1 saturated carbocycles. The zero-order valence-corrected chi connectivity index (χ0v) is 12.3. The SMILES string of the molecule is CCSC1CCC(Nc2cc(OC)ccc2C#N)C1. The number of nitriles is 1. The van der Waals surface area contributed by atoms with Crippen molar-refractivity contribution in [1.29, 1.82) is 5.26 Å². The van der Waals surface area contributed by atoms with Crippen molar-refractivity contribution >= 4 is 17.4 Å². The van der Waals surface area contributed by atoms with Gasteiger partial charge in [0.1, 0.15) is 11.8 Å². The average molecular weight is 276 g/mol. The van der Waals surface area contributed by atoms with Crippen LogP contribution >= 0.6 is 11.8 Å². The Kier molecular flexibility index (Phi) is 4.98. The maximum Gasteiger partial charge on any atom is 0.121 e. The van der Waals surface area contributed by atoms with Gasteiger partial charge in [0.25, 0.3) is 0 Å². The van der Waals surface area contributed by atoms with E-state index in [1.807, 2.05) is 30.0 Å². The van der Waals surface area contributed by atoms with Crippen molar-refractivity contribution in [3.63, 3.8) is 0 Å². The van der Waals surface area contributed by atoms with Crippen LogP contribution in [0.1, 0.15) is 31.7 Å². The topological polar surface area (TPSA) is 45.0 Å². The maximum absolute atomic E-state index is 9.16. The molecule has 2 atom stereocenters. The van der Waals surface area contributed by atoms with E-state index in [1.165, 1.54) is 25.0 Å². The molecule has 1 aliphatic carbocycles. The summed E-state index contributed by atoms with van der Waals surface area (Å²) in [5.41, 5.74) is 1.58. The number of nitrogens with zero attached hydrogens (tertiary/aromatic N) is 1. The zero-order chi connectivity index (χ0) is 13.7. The molecule has 1 aromatic rings. The standard InChI is InChI=1S/C15H20N2OS/c1-3-19-14-7-5-12(8-14)17-15-9-13(18-2)6-4-11(15)10-16/h4,6,9,12,14,17H,3,5,7-8H2,1-2H3. The quantitative estimate of drug-likeness (QED) is 0.891. The van der Waals surface area contributed by atoms with Crippen molar-refractivity contribution < 1.29 is 4.74 Å². The second kappa shape index (κ2) is 6.72. The fraction of sp³-hybridized carbons (Fsp3) is 0.533. The van der Waals surface area contributed by atoms with Crippen LogP contribution in [0.25, 0.3) is 0 Å². The number of nitrogens with one attached hydrogen (secondary N) is 1. The Balaban J connectivity index is 2.05. The third-order valence-corrected chi connectivity index (χ3v) is 4.73.